The second kappa shape index (κ2) is 7.52. The zero-order valence-electron chi connectivity index (χ0n) is 13.8. The smallest absolute Gasteiger partial charge is 0.277 e. The topological polar surface area (TPSA) is 115 Å². The quantitative estimate of drug-likeness (QED) is 0.631. The molecule has 1 N–H and O–H groups in total. The van der Waals surface area contributed by atoms with E-state index in [4.69, 9.17) is 0 Å². The molecule has 2 rings (SSSR count). The fourth-order valence-electron chi connectivity index (χ4n) is 2.40. The van der Waals surface area contributed by atoms with Crippen molar-refractivity contribution in [1.29, 1.82) is 0 Å². The lowest BCUT2D eigenvalue weighted by Gasteiger charge is -2.11. The van der Waals surface area contributed by atoms with Crippen LogP contribution in [0.5, 0.6) is 0 Å². The van der Waals surface area contributed by atoms with Gasteiger partial charge in [0.05, 0.1) is 21.5 Å². The van der Waals surface area contributed by atoms with Crippen molar-refractivity contribution in [2.75, 3.05) is 5.32 Å². The Morgan fingerprint density at radius 2 is 1.56 bits per heavy atom. The first kappa shape index (κ1) is 18.1. The maximum Gasteiger partial charge on any atom is 0.277 e. The van der Waals surface area contributed by atoms with Crippen LogP contribution in [0.3, 0.4) is 0 Å². The van der Waals surface area contributed by atoms with Gasteiger partial charge in [-0.15, -0.1) is 0 Å². The Morgan fingerprint density at radius 3 is 2.04 bits per heavy atom. The first-order valence-corrected chi connectivity index (χ1v) is 7.72. The van der Waals surface area contributed by atoms with Gasteiger partial charge in [-0.25, -0.2) is 0 Å². The molecule has 0 unspecified atom stereocenters. The predicted octanol–water partition coefficient (Wildman–Crippen LogP) is 3.88. The van der Waals surface area contributed by atoms with E-state index in [9.17, 15) is 25.0 Å². The molecular weight excluding hydrogens is 326 g/mol. The maximum atomic E-state index is 12.5. The second-order valence-electron chi connectivity index (χ2n) is 5.41. The molecule has 0 aliphatic carbocycles. The largest absolute Gasteiger partial charge is 0.322 e. The van der Waals surface area contributed by atoms with Gasteiger partial charge in [0.2, 0.25) is 0 Å². The average molecular weight is 343 g/mol. The molecule has 0 spiro atoms. The number of hydrogen-bond acceptors (Lipinski definition) is 5. The second-order valence-corrected chi connectivity index (χ2v) is 5.41. The van der Waals surface area contributed by atoms with Gasteiger partial charge in [0, 0.05) is 17.8 Å². The number of nitro benzene ring substituents is 2. The highest BCUT2D eigenvalue weighted by molar-refractivity contribution is 6.05. The molecule has 2 aromatic carbocycles. The minimum atomic E-state index is -0.765. The van der Waals surface area contributed by atoms with Crippen LogP contribution in [-0.4, -0.2) is 15.8 Å². The molecule has 0 aliphatic rings. The van der Waals surface area contributed by atoms with Gasteiger partial charge in [-0.3, -0.25) is 25.0 Å². The number of hydrogen-bond donors (Lipinski definition) is 1. The van der Waals surface area contributed by atoms with Gasteiger partial charge in [-0.1, -0.05) is 26.0 Å². The lowest BCUT2D eigenvalue weighted by Crippen LogP contribution is -2.14. The number of benzene rings is 2. The molecule has 0 aliphatic heterocycles. The van der Waals surface area contributed by atoms with Crippen molar-refractivity contribution < 1.29 is 14.6 Å². The van der Waals surface area contributed by atoms with E-state index in [1.165, 1.54) is 0 Å². The van der Waals surface area contributed by atoms with E-state index in [0.717, 1.165) is 35.7 Å². The number of carbonyl (C=O) groups excluding carboxylic acids is 1. The molecule has 0 saturated heterocycles. The lowest BCUT2D eigenvalue weighted by molar-refractivity contribution is -0.394. The number of aryl methyl sites for hydroxylation is 2. The van der Waals surface area contributed by atoms with Crippen LogP contribution >= 0.6 is 0 Å². The Balaban J connectivity index is 2.41. The molecular formula is C17H17N3O5. The summed E-state index contributed by atoms with van der Waals surface area (Å²) in [7, 11) is 0. The van der Waals surface area contributed by atoms with Crippen molar-refractivity contribution in [3.63, 3.8) is 0 Å². The highest BCUT2D eigenvalue weighted by atomic mass is 16.6. The van der Waals surface area contributed by atoms with Crippen LogP contribution in [0.4, 0.5) is 17.1 Å². The summed E-state index contributed by atoms with van der Waals surface area (Å²) in [6.45, 7) is 3.92. The van der Waals surface area contributed by atoms with Crippen LogP contribution in [0, 0.1) is 20.2 Å². The minimum absolute atomic E-state index is 0.134. The molecule has 0 heterocycles. The fourth-order valence-corrected chi connectivity index (χ4v) is 2.40. The Hall–Kier alpha value is -3.29. The average Bonchev–Trinajstić information content (AvgIpc) is 2.60. The normalized spacial score (nSPS) is 10.3. The van der Waals surface area contributed by atoms with E-state index in [2.05, 4.69) is 5.32 Å². The molecule has 0 fully saturated rings. The highest BCUT2D eigenvalue weighted by Crippen LogP contribution is 2.25. The van der Waals surface area contributed by atoms with Gasteiger partial charge < -0.3 is 5.32 Å². The number of rotatable bonds is 6. The third-order valence-electron chi connectivity index (χ3n) is 3.80. The van der Waals surface area contributed by atoms with Gasteiger partial charge >= 0.3 is 0 Å². The van der Waals surface area contributed by atoms with Crippen molar-refractivity contribution in [1.82, 2.24) is 0 Å². The molecule has 2 aromatic rings. The first-order chi connectivity index (χ1) is 11.8. The SMILES string of the molecule is CCc1ccc(CC)c(NC(=O)c2cc([N+](=O)[O-])cc([N+](=O)[O-])c2)c1. The molecule has 130 valence electrons. The van der Waals surface area contributed by atoms with E-state index in [-0.39, 0.29) is 5.56 Å². The standard InChI is InChI=1S/C17H17N3O5/c1-3-11-5-6-12(4-2)16(7-11)18-17(21)13-8-14(19(22)23)10-15(9-13)20(24)25/h5-10H,3-4H2,1-2H3,(H,18,21). The monoisotopic (exact) mass is 343 g/mol. The van der Waals surface area contributed by atoms with Gasteiger partial charge in [0.25, 0.3) is 17.3 Å². The zero-order chi connectivity index (χ0) is 18.6. The van der Waals surface area contributed by atoms with Gasteiger partial charge in [-0.2, -0.15) is 0 Å². The molecule has 0 radical (unpaired) electrons. The van der Waals surface area contributed by atoms with Crippen molar-refractivity contribution in [2.45, 2.75) is 26.7 Å². The third kappa shape index (κ3) is 4.17. The number of amides is 1. The number of nitrogens with one attached hydrogen (secondary N) is 1. The number of nitrogens with zero attached hydrogens (tertiary/aromatic N) is 2. The van der Waals surface area contributed by atoms with Crippen molar-refractivity contribution in [3.8, 4) is 0 Å². The number of nitro groups is 2. The van der Waals surface area contributed by atoms with E-state index in [0.29, 0.717) is 12.1 Å². The lowest BCUT2D eigenvalue weighted by atomic mass is 10.0. The van der Waals surface area contributed by atoms with E-state index >= 15 is 0 Å². The molecule has 1 amide bonds. The Morgan fingerprint density at radius 1 is 0.960 bits per heavy atom. The maximum absolute atomic E-state index is 12.5. The van der Waals surface area contributed by atoms with Crippen LogP contribution in [-0.2, 0) is 12.8 Å². The van der Waals surface area contributed by atoms with E-state index in [1.54, 1.807) is 0 Å². The summed E-state index contributed by atoms with van der Waals surface area (Å²) in [6, 6.07) is 8.58. The fraction of sp³-hybridized carbons (Fsp3) is 0.235. The van der Waals surface area contributed by atoms with Gasteiger partial charge in [-0.05, 0) is 30.0 Å². The number of anilines is 1. The summed E-state index contributed by atoms with van der Waals surface area (Å²) in [6.07, 6.45) is 1.48. The summed E-state index contributed by atoms with van der Waals surface area (Å²) in [5, 5.41) is 24.6. The predicted molar refractivity (Wildman–Crippen MR) is 92.9 cm³/mol. The van der Waals surface area contributed by atoms with Crippen LogP contribution in [0.25, 0.3) is 0 Å². The molecule has 0 saturated carbocycles. The molecule has 0 bridgehead atoms. The molecule has 8 nitrogen and oxygen atoms in total. The van der Waals surface area contributed by atoms with Crippen molar-refractivity contribution in [2.24, 2.45) is 0 Å². The Bertz CT molecular complexity index is 816. The Kier molecular flexibility index (Phi) is 5.43. The number of non-ortho nitro benzene ring substituents is 2. The summed E-state index contributed by atoms with van der Waals surface area (Å²) in [5.74, 6) is -0.630. The van der Waals surface area contributed by atoms with Crippen LogP contribution in [0.2, 0.25) is 0 Å². The first-order valence-electron chi connectivity index (χ1n) is 7.72. The van der Waals surface area contributed by atoms with Crippen LogP contribution in [0.1, 0.15) is 35.3 Å². The van der Waals surface area contributed by atoms with Gasteiger partial charge in [0.1, 0.15) is 0 Å². The van der Waals surface area contributed by atoms with Crippen molar-refractivity contribution in [3.05, 3.63) is 73.3 Å². The molecule has 8 heteroatoms. The highest BCUT2D eigenvalue weighted by Gasteiger charge is 2.20. The van der Waals surface area contributed by atoms with Gasteiger partial charge in [0.15, 0.2) is 0 Å². The molecule has 25 heavy (non-hydrogen) atoms. The van der Waals surface area contributed by atoms with Crippen molar-refractivity contribution >= 4 is 23.0 Å². The summed E-state index contributed by atoms with van der Waals surface area (Å²) in [5.41, 5.74) is 1.39. The van der Waals surface area contributed by atoms with Crippen LogP contribution < -0.4 is 5.32 Å². The minimum Gasteiger partial charge on any atom is -0.322 e. The van der Waals surface area contributed by atoms with E-state index < -0.39 is 27.1 Å². The number of carbonyl (C=O) groups is 1. The summed E-state index contributed by atoms with van der Waals surface area (Å²) in [4.78, 5) is 32.8. The molecule has 0 aromatic heterocycles. The van der Waals surface area contributed by atoms with E-state index in [1.807, 2.05) is 32.0 Å². The van der Waals surface area contributed by atoms with Crippen LogP contribution in [0.15, 0.2) is 36.4 Å². The molecule has 0 atom stereocenters. The summed E-state index contributed by atoms with van der Waals surface area (Å²) < 4.78 is 0. The Labute approximate surface area is 143 Å². The third-order valence-corrected chi connectivity index (χ3v) is 3.80. The summed E-state index contributed by atoms with van der Waals surface area (Å²) >= 11 is 0. The zero-order valence-corrected chi connectivity index (χ0v) is 13.8.